The highest BCUT2D eigenvalue weighted by Crippen LogP contribution is 2.43. The molecule has 0 radical (unpaired) electrons. The van der Waals surface area contributed by atoms with Crippen molar-refractivity contribution in [3.63, 3.8) is 0 Å². The van der Waals surface area contributed by atoms with E-state index in [4.69, 9.17) is 28.6 Å². The summed E-state index contributed by atoms with van der Waals surface area (Å²) in [5, 5.41) is 18.0. The maximum Gasteiger partial charge on any atom is 0.382 e. The summed E-state index contributed by atoms with van der Waals surface area (Å²) in [7, 11) is -2.11. The van der Waals surface area contributed by atoms with Crippen LogP contribution in [0.15, 0.2) is 54.6 Å². The number of carbonyl (C=O) groups excluding carboxylic acids is 2. The first-order valence-electron chi connectivity index (χ1n) is 10.8. The first kappa shape index (κ1) is 27.0. The molecule has 35 heavy (non-hydrogen) atoms. The molecule has 0 aromatic heterocycles. The van der Waals surface area contributed by atoms with Gasteiger partial charge in [0.1, 0.15) is 17.2 Å². The number of hydrogen-bond acceptors (Lipinski definition) is 6. The number of carboxylic acid groups (broad SMARTS) is 1. The second kappa shape index (κ2) is 10.6. The van der Waals surface area contributed by atoms with Crippen LogP contribution in [0.4, 0.5) is 4.79 Å². The number of rotatable bonds is 6. The summed E-state index contributed by atoms with van der Waals surface area (Å²) in [5.41, 5.74) is -0.475. The molecule has 1 saturated heterocycles. The lowest BCUT2D eigenvalue weighted by Crippen LogP contribution is -2.60. The van der Waals surface area contributed by atoms with Gasteiger partial charge in [-0.2, -0.15) is 0 Å². The minimum absolute atomic E-state index is 0.210. The zero-order valence-corrected chi connectivity index (χ0v) is 22.0. The van der Waals surface area contributed by atoms with Crippen molar-refractivity contribution in [2.24, 2.45) is 11.3 Å². The molecule has 2 aromatic carbocycles. The number of ether oxygens (including phenoxy) is 1. The summed E-state index contributed by atoms with van der Waals surface area (Å²) in [6.45, 7) is 6.27. The highest BCUT2D eigenvalue weighted by molar-refractivity contribution is 8.27. The number of benzene rings is 2. The van der Waals surface area contributed by atoms with Gasteiger partial charge >= 0.3 is 5.30 Å². The third-order valence-corrected chi connectivity index (χ3v) is 8.11. The molecule has 0 bridgehead atoms. The first-order chi connectivity index (χ1) is 16.3. The first-order valence-corrected chi connectivity index (χ1v) is 12.8. The lowest BCUT2D eigenvalue weighted by Gasteiger charge is -2.45. The topological polar surface area (TPSA) is 104 Å². The van der Waals surface area contributed by atoms with Crippen LogP contribution in [0.25, 0.3) is 0 Å². The average Bonchev–Trinajstić information content (AvgIpc) is 2.80. The van der Waals surface area contributed by atoms with E-state index in [2.05, 4.69) is 0 Å². The van der Waals surface area contributed by atoms with Gasteiger partial charge in [-0.1, -0.05) is 74.9 Å². The van der Waals surface area contributed by atoms with Gasteiger partial charge < -0.3 is 14.9 Å². The molecule has 1 fully saturated rings. The second-order valence-corrected chi connectivity index (χ2v) is 11.6. The predicted octanol–water partition coefficient (Wildman–Crippen LogP) is 4.84. The lowest BCUT2D eigenvalue weighted by molar-refractivity contribution is -0.147. The molecule has 0 aliphatic carbocycles. The summed E-state index contributed by atoms with van der Waals surface area (Å²) in [6, 6.07) is 16.0. The third kappa shape index (κ3) is 5.64. The molecule has 3 rings (SSSR count). The smallest absolute Gasteiger partial charge is 0.382 e. The number of β-lactam (4-membered cyclic amide) rings is 1. The van der Waals surface area contributed by atoms with Gasteiger partial charge in [0.25, 0.3) is 0 Å². The fourth-order valence-electron chi connectivity index (χ4n) is 3.35. The Morgan fingerprint density at radius 2 is 1.63 bits per heavy atom. The Morgan fingerprint density at radius 1 is 1.09 bits per heavy atom. The van der Waals surface area contributed by atoms with Crippen molar-refractivity contribution in [3.05, 3.63) is 65.7 Å². The summed E-state index contributed by atoms with van der Waals surface area (Å²) in [4.78, 5) is 38.9. The number of thiocarbonyl (C=S) groups is 1. The normalized spacial score (nSPS) is 19.9. The van der Waals surface area contributed by atoms with Crippen molar-refractivity contribution in [1.29, 1.82) is 0 Å². The van der Waals surface area contributed by atoms with Crippen LogP contribution in [-0.4, -0.2) is 53.0 Å². The Labute approximate surface area is 216 Å². The Balaban J connectivity index is 2.01. The van der Waals surface area contributed by atoms with Gasteiger partial charge in [0, 0.05) is 5.41 Å². The fraction of sp³-hybridized carbons (Fsp3) is 0.320. The molecule has 1 unspecified atom stereocenters. The molecule has 2 N–H and O–H groups in total. The van der Waals surface area contributed by atoms with Crippen molar-refractivity contribution in [2.45, 2.75) is 39.3 Å². The second-order valence-electron chi connectivity index (χ2n) is 9.04. The minimum Gasteiger partial charge on any atom is -0.472 e. The molecular formula is C25H26ClNO6S2. The Kier molecular flexibility index (Phi) is 8.16. The van der Waals surface area contributed by atoms with Crippen LogP contribution in [0.1, 0.15) is 38.8 Å². The number of hydrogen-bond donors (Lipinski definition) is 2. The molecule has 186 valence electrons. The summed E-state index contributed by atoms with van der Waals surface area (Å²) >= 11 is 11.8. The number of Topliss-reactive ketones (excluding diaryl/α,β-unsaturated/α-hetero) is 1. The molecule has 10 heteroatoms. The molecule has 0 spiro atoms. The molecule has 0 saturated carbocycles. The van der Waals surface area contributed by atoms with E-state index in [9.17, 15) is 24.6 Å². The highest BCUT2D eigenvalue weighted by Gasteiger charge is 2.53. The Bertz CT molecular complexity index is 1190. The molecular weight excluding hydrogens is 510 g/mol. The van der Waals surface area contributed by atoms with Crippen molar-refractivity contribution >= 4 is 61.4 Å². The van der Waals surface area contributed by atoms with Gasteiger partial charge in [-0.05, 0) is 42.3 Å². The van der Waals surface area contributed by atoms with Gasteiger partial charge in [0.2, 0.25) is 16.7 Å². The number of amides is 1. The molecule has 7 nitrogen and oxygen atoms in total. The van der Waals surface area contributed by atoms with Crippen molar-refractivity contribution in [1.82, 2.24) is 4.31 Å². The van der Waals surface area contributed by atoms with Gasteiger partial charge in [-0.3, -0.25) is 13.9 Å². The molecule has 4 atom stereocenters. The monoisotopic (exact) mass is 535 g/mol. The molecule has 1 amide bonds. The third-order valence-electron chi connectivity index (χ3n) is 5.31. The van der Waals surface area contributed by atoms with Crippen LogP contribution >= 0.6 is 34.5 Å². The number of alkyl halides is 1. The maximum atomic E-state index is 13.3. The van der Waals surface area contributed by atoms with Crippen molar-refractivity contribution in [2.75, 3.05) is 0 Å². The van der Waals surface area contributed by atoms with Gasteiger partial charge in [0.15, 0.2) is 0 Å². The number of aliphatic hydroxyl groups excluding tert-OH is 1. The van der Waals surface area contributed by atoms with Crippen LogP contribution in [0.2, 0.25) is 0 Å². The van der Waals surface area contributed by atoms with E-state index in [-0.39, 0.29) is 5.75 Å². The van der Waals surface area contributed by atoms with E-state index in [1.54, 1.807) is 45.0 Å². The van der Waals surface area contributed by atoms with E-state index in [1.165, 1.54) is 6.92 Å². The number of aliphatic hydroxyl groups is 1. The van der Waals surface area contributed by atoms with E-state index in [0.29, 0.717) is 4.86 Å². The number of halogens is 1. The standard InChI is InChI=1S/C25H26ClNO6S2/c1-14(28)18-21(26)27(22(18)30)35(24(31)32)23(20(29)25(2,3)4)33-17-12-10-16(11-13-17)19(34)15-8-6-5-7-9-15/h5-14,18,21,28H,1-4H3,(H,31,32)/t14-,18-,21-,35?/m1/s1. The molecule has 1 heterocycles. The number of nitrogens with zero attached hydrogens (tertiary/aromatic N) is 1. The maximum absolute atomic E-state index is 13.3. The largest absolute Gasteiger partial charge is 0.472 e. The van der Waals surface area contributed by atoms with Gasteiger partial charge in [-0.15, -0.1) is 0 Å². The van der Waals surface area contributed by atoms with Crippen LogP contribution in [0, 0.1) is 11.3 Å². The SMILES string of the molecule is C[C@@H](O)[C@H]1C(=O)N(S(C(=O)O)=C(Oc2ccc(C(=S)c3ccccc3)cc2)C(=O)C(C)(C)C)[C@H]1Cl. The van der Waals surface area contributed by atoms with E-state index < -0.39 is 55.7 Å². The van der Waals surface area contributed by atoms with Crippen LogP contribution in [0.3, 0.4) is 0 Å². The highest BCUT2D eigenvalue weighted by atomic mass is 35.5. The number of ketones is 1. The Morgan fingerprint density at radius 3 is 2.09 bits per heavy atom. The minimum atomic E-state index is -2.11. The predicted molar refractivity (Wildman–Crippen MR) is 141 cm³/mol. The van der Waals surface area contributed by atoms with Crippen molar-refractivity contribution < 1.29 is 29.3 Å². The molecule has 1 aliphatic heterocycles. The fourth-order valence-corrected chi connectivity index (χ4v) is 6.07. The van der Waals surface area contributed by atoms with Crippen molar-refractivity contribution in [3.8, 4) is 5.75 Å². The number of carbonyl (C=O) groups is 3. The van der Waals surface area contributed by atoms with E-state index >= 15 is 0 Å². The zero-order chi connectivity index (χ0) is 26.1. The summed E-state index contributed by atoms with van der Waals surface area (Å²) in [6.07, 6.45) is -1.07. The van der Waals surface area contributed by atoms with Crippen LogP contribution in [0.5, 0.6) is 5.75 Å². The quantitative estimate of drug-likeness (QED) is 0.179. The van der Waals surface area contributed by atoms with Crippen LogP contribution in [-0.2, 0) is 9.59 Å². The van der Waals surface area contributed by atoms with Gasteiger partial charge in [0.05, 0.1) is 21.6 Å². The average molecular weight is 536 g/mol. The summed E-state index contributed by atoms with van der Waals surface area (Å²) < 4.78 is 6.74. The van der Waals surface area contributed by atoms with Gasteiger partial charge in [-0.25, -0.2) is 4.79 Å². The molecule has 1 aliphatic rings. The zero-order valence-electron chi connectivity index (χ0n) is 19.6. The lowest BCUT2D eigenvalue weighted by atomic mass is 9.91. The summed E-state index contributed by atoms with van der Waals surface area (Å²) in [5.74, 6) is -1.99. The molecule has 2 aromatic rings. The van der Waals surface area contributed by atoms with Crippen LogP contribution < -0.4 is 4.74 Å². The Hall–Kier alpha value is -2.59. The van der Waals surface area contributed by atoms with E-state index in [0.717, 1.165) is 15.4 Å². The van der Waals surface area contributed by atoms with E-state index in [1.807, 2.05) is 30.3 Å².